The fourth-order valence-electron chi connectivity index (χ4n) is 2.76. The number of amides is 1. The molecule has 0 radical (unpaired) electrons. The zero-order valence-corrected chi connectivity index (χ0v) is 12.1. The van der Waals surface area contributed by atoms with Crippen LogP contribution in [0.2, 0.25) is 0 Å². The number of fused-ring (bicyclic) bond motifs is 2. The summed E-state index contributed by atoms with van der Waals surface area (Å²) in [7, 11) is 0. The van der Waals surface area contributed by atoms with Crippen LogP contribution in [0.3, 0.4) is 0 Å². The number of nitrogens with zero attached hydrogens (tertiary/aromatic N) is 2. The van der Waals surface area contributed by atoms with E-state index in [1.54, 1.807) is 12.1 Å². The minimum atomic E-state index is -0.717. The summed E-state index contributed by atoms with van der Waals surface area (Å²) < 4.78 is 1.39. The van der Waals surface area contributed by atoms with E-state index in [-0.39, 0.29) is 11.5 Å². The maximum Gasteiger partial charge on any atom is 0.253 e. The SMILES string of the molecule is O=C(Nc1ccc2ccccc2c1)C1C=Nc2cccc(=O)n21. The van der Waals surface area contributed by atoms with Gasteiger partial charge in [-0.25, -0.2) is 4.99 Å². The maximum atomic E-state index is 12.5. The largest absolute Gasteiger partial charge is 0.324 e. The van der Waals surface area contributed by atoms with Crippen LogP contribution in [0, 0.1) is 0 Å². The third-order valence-electron chi connectivity index (χ3n) is 3.88. The highest BCUT2D eigenvalue weighted by molar-refractivity contribution is 6.06. The van der Waals surface area contributed by atoms with Gasteiger partial charge in [0.1, 0.15) is 5.82 Å². The number of hydrogen-bond acceptors (Lipinski definition) is 3. The average Bonchev–Trinajstić information content (AvgIpc) is 3.00. The van der Waals surface area contributed by atoms with Crippen molar-refractivity contribution in [3.8, 4) is 0 Å². The molecule has 5 heteroatoms. The maximum absolute atomic E-state index is 12.5. The van der Waals surface area contributed by atoms with Crippen LogP contribution in [0.25, 0.3) is 10.8 Å². The molecule has 1 aromatic heterocycles. The van der Waals surface area contributed by atoms with Crippen LogP contribution in [-0.2, 0) is 4.79 Å². The van der Waals surface area contributed by atoms with Crippen LogP contribution in [0.5, 0.6) is 0 Å². The van der Waals surface area contributed by atoms with E-state index in [1.807, 2.05) is 42.5 Å². The Morgan fingerprint density at radius 1 is 1.00 bits per heavy atom. The highest BCUT2D eigenvalue weighted by Crippen LogP contribution is 2.23. The van der Waals surface area contributed by atoms with Crippen molar-refractivity contribution in [2.24, 2.45) is 4.99 Å². The van der Waals surface area contributed by atoms with E-state index in [9.17, 15) is 9.59 Å². The summed E-state index contributed by atoms with van der Waals surface area (Å²) in [5, 5.41) is 5.00. The Morgan fingerprint density at radius 3 is 2.70 bits per heavy atom. The van der Waals surface area contributed by atoms with Crippen LogP contribution >= 0.6 is 0 Å². The lowest BCUT2D eigenvalue weighted by Gasteiger charge is -2.13. The van der Waals surface area contributed by atoms with Crippen LogP contribution in [-0.4, -0.2) is 16.7 Å². The minimum absolute atomic E-state index is 0.237. The Balaban J connectivity index is 1.64. The Hall–Kier alpha value is -3.21. The number of benzene rings is 2. The summed E-state index contributed by atoms with van der Waals surface area (Å²) >= 11 is 0. The number of hydrogen-bond donors (Lipinski definition) is 1. The zero-order valence-electron chi connectivity index (χ0n) is 12.1. The monoisotopic (exact) mass is 303 g/mol. The molecule has 0 bridgehead atoms. The minimum Gasteiger partial charge on any atom is -0.324 e. The molecule has 0 aliphatic carbocycles. The van der Waals surface area contributed by atoms with E-state index in [0.29, 0.717) is 11.5 Å². The normalized spacial score (nSPS) is 15.6. The predicted molar refractivity (Wildman–Crippen MR) is 90.5 cm³/mol. The molecule has 1 atom stereocenters. The van der Waals surface area contributed by atoms with Crippen molar-refractivity contribution in [3.63, 3.8) is 0 Å². The first-order chi connectivity index (χ1) is 11.2. The Morgan fingerprint density at radius 2 is 1.83 bits per heavy atom. The van der Waals surface area contributed by atoms with Crippen molar-refractivity contribution in [2.75, 3.05) is 5.32 Å². The fourth-order valence-corrected chi connectivity index (χ4v) is 2.76. The molecule has 2 heterocycles. The number of carbonyl (C=O) groups is 1. The van der Waals surface area contributed by atoms with Gasteiger partial charge in [-0.2, -0.15) is 0 Å². The highest BCUT2D eigenvalue weighted by Gasteiger charge is 2.25. The summed E-state index contributed by atoms with van der Waals surface area (Å²) in [5.74, 6) is 0.215. The smallest absolute Gasteiger partial charge is 0.253 e. The van der Waals surface area contributed by atoms with Gasteiger partial charge < -0.3 is 5.32 Å². The standard InChI is InChI=1S/C18H13N3O2/c22-17-7-3-6-16-19-11-15(21(16)17)18(23)20-14-9-8-12-4-1-2-5-13(12)10-14/h1-11,15H,(H,20,23). The first kappa shape index (κ1) is 13.5. The van der Waals surface area contributed by atoms with E-state index >= 15 is 0 Å². The van der Waals surface area contributed by atoms with Gasteiger partial charge in [-0.3, -0.25) is 14.2 Å². The van der Waals surface area contributed by atoms with Crippen LogP contribution < -0.4 is 10.9 Å². The molecule has 0 fully saturated rings. The number of aromatic nitrogens is 1. The third-order valence-corrected chi connectivity index (χ3v) is 3.88. The van der Waals surface area contributed by atoms with Crippen molar-refractivity contribution in [1.82, 2.24) is 4.57 Å². The number of aliphatic imine (C=N–C) groups is 1. The first-order valence-corrected chi connectivity index (χ1v) is 7.28. The molecule has 2 aromatic carbocycles. The summed E-state index contributed by atoms with van der Waals surface area (Å²) in [5.41, 5.74) is 0.457. The van der Waals surface area contributed by atoms with Gasteiger partial charge >= 0.3 is 0 Å². The Kier molecular flexibility index (Phi) is 3.05. The van der Waals surface area contributed by atoms with Gasteiger partial charge in [-0.05, 0) is 29.0 Å². The molecule has 3 aromatic rings. The molecule has 23 heavy (non-hydrogen) atoms. The molecule has 1 N–H and O–H groups in total. The number of anilines is 1. The van der Waals surface area contributed by atoms with Gasteiger partial charge in [0.05, 0.1) is 0 Å². The second-order valence-electron chi connectivity index (χ2n) is 5.37. The summed E-state index contributed by atoms with van der Waals surface area (Å²) in [6.45, 7) is 0. The molecule has 0 spiro atoms. The number of pyridine rings is 1. The van der Waals surface area contributed by atoms with Crippen molar-refractivity contribution in [1.29, 1.82) is 0 Å². The number of rotatable bonds is 2. The van der Waals surface area contributed by atoms with Crippen molar-refractivity contribution in [2.45, 2.75) is 6.04 Å². The summed E-state index contributed by atoms with van der Waals surface area (Å²) in [4.78, 5) is 28.6. The Bertz CT molecular complexity index is 1000. The summed E-state index contributed by atoms with van der Waals surface area (Å²) in [6, 6.07) is 17.7. The van der Waals surface area contributed by atoms with Crippen LogP contribution in [0.15, 0.2) is 70.5 Å². The summed E-state index contributed by atoms with van der Waals surface area (Å²) in [6.07, 6.45) is 1.49. The van der Waals surface area contributed by atoms with Crippen molar-refractivity contribution >= 4 is 34.4 Å². The lowest BCUT2D eigenvalue weighted by Crippen LogP contribution is -2.31. The fraction of sp³-hybridized carbons (Fsp3) is 0.0556. The van der Waals surface area contributed by atoms with Gasteiger partial charge in [0.2, 0.25) is 0 Å². The van der Waals surface area contributed by atoms with E-state index in [0.717, 1.165) is 10.8 Å². The van der Waals surface area contributed by atoms with Gasteiger partial charge in [0.25, 0.3) is 11.5 Å². The topological polar surface area (TPSA) is 63.5 Å². The molecule has 112 valence electrons. The Labute approximate surface area is 131 Å². The molecule has 1 aliphatic heterocycles. The predicted octanol–water partition coefficient (Wildman–Crippen LogP) is 2.90. The quantitative estimate of drug-likeness (QED) is 0.791. The molecule has 4 rings (SSSR count). The van der Waals surface area contributed by atoms with Crippen LogP contribution in [0.1, 0.15) is 6.04 Å². The molecular weight excluding hydrogens is 290 g/mol. The van der Waals surface area contributed by atoms with Crippen LogP contribution in [0.4, 0.5) is 11.5 Å². The molecule has 1 aliphatic rings. The zero-order chi connectivity index (χ0) is 15.8. The number of carbonyl (C=O) groups excluding carboxylic acids is 1. The van der Waals surface area contributed by atoms with Gasteiger partial charge in [0, 0.05) is 18.0 Å². The second-order valence-corrected chi connectivity index (χ2v) is 5.37. The molecule has 1 unspecified atom stereocenters. The molecule has 1 amide bonds. The van der Waals surface area contributed by atoms with E-state index in [2.05, 4.69) is 10.3 Å². The molecular formula is C18H13N3O2. The average molecular weight is 303 g/mol. The lowest BCUT2D eigenvalue weighted by atomic mass is 10.1. The second kappa shape index (κ2) is 5.21. The highest BCUT2D eigenvalue weighted by atomic mass is 16.2. The van der Waals surface area contributed by atoms with E-state index < -0.39 is 6.04 Å². The lowest BCUT2D eigenvalue weighted by molar-refractivity contribution is -0.117. The first-order valence-electron chi connectivity index (χ1n) is 7.28. The molecule has 0 saturated carbocycles. The molecule has 5 nitrogen and oxygen atoms in total. The molecule has 0 saturated heterocycles. The van der Waals surface area contributed by atoms with Gasteiger partial charge in [0.15, 0.2) is 6.04 Å². The van der Waals surface area contributed by atoms with Crippen molar-refractivity contribution < 1.29 is 4.79 Å². The third kappa shape index (κ3) is 2.32. The van der Waals surface area contributed by atoms with E-state index in [1.165, 1.54) is 16.8 Å². The van der Waals surface area contributed by atoms with Gasteiger partial charge in [-0.1, -0.05) is 36.4 Å². The van der Waals surface area contributed by atoms with Crippen molar-refractivity contribution in [3.05, 3.63) is 71.0 Å². The van der Waals surface area contributed by atoms with E-state index in [4.69, 9.17) is 0 Å². The van der Waals surface area contributed by atoms with Gasteiger partial charge in [-0.15, -0.1) is 0 Å². The number of nitrogens with one attached hydrogen (secondary N) is 1.